The predicted molar refractivity (Wildman–Crippen MR) is 60.7 cm³/mol. The van der Waals surface area contributed by atoms with Crippen LogP contribution in [-0.4, -0.2) is 35.0 Å². The Morgan fingerprint density at radius 2 is 1.88 bits per heavy atom. The molecule has 1 aromatic rings. The maximum Gasteiger partial charge on any atom is 0.407 e. The van der Waals surface area contributed by atoms with Crippen LogP contribution in [-0.2, 0) is 0 Å². The highest BCUT2D eigenvalue weighted by Crippen LogP contribution is 2.02. The van der Waals surface area contributed by atoms with Crippen LogP contribution >= 0.6 is 0 Å². The molecule has 0 fully saturated rings. The number of benzene rings is 1. The average Bonchev–Trinajstić information content (AvgIpc) is 2.29. The van der Waals surface area contributed by atoms with Gasteiger partial charge in [-0.15, -0.1) is 0 Å². The highest BCUT2D eigenvalue weighted by Gasteiger charge is 2.15. The molecular formula is C12H15NO3. The Hall–Kier alpha value is -1.84. The van der Waals surface area contributed by atoms with Gasteiger partial charge in [0, 0.05) is 12.1 Å². The van der Waals surface area contributed by atoms with Gasteiger partial charge in [0.15, 0.2) is 5.78 Å². The number of rotatable bonds is 5. The van der Waals surface area contributed by atoms with Crippen molar-refractivity contribution in [2.75, 3.05) is 13.1 Å². The molecule has 0 heterocycles. The maximum absolute atomic E-state index is 11.7. The topological polar surface area (TPSA) is 57.6 Å². The summed E-state index contributed by atoms with van der Waals surface area (Å²) in [6, 6.07) is 8.72. The van der Waals surface area contributed by atoms with Gasteiger partial charge in [0.1, 0.15) is 0 Å². The number of Topliss-reactive ketones (excluding diaryl/α,β-unsaturated/α-hetero) is 1. The van der Waals surface area contributed by atoms with E-state index in [1.165, 1.54) is 0 Å². The summed E-state index contributed by atoms with van der Waals surface area (Å²) in [7, 11) is 0. The normalized spacial score (nSPS) is 9.81. The first kappa shape index (κ1) is 12.2. The Balaban J connectivity index is 2.65. The van der Waals surface area contributed by atoms with Crippen molar-refractivity contribution in [1.29, 1.82) is 0 Å². The van der Waals surface area contributed by atoms with E-state index in [-0.39, 0.29) is 12.3 Å². The van der Waals surface area contributed by atoms with Crippen molar-refractivity contribution in [3.05, 3.63) is 35.9 Å². The van der Waals surface area contributed by atoms with Gasteiger partial charge in [-0.2, -0.15) is 0 Å². The molecule has 0 saturated carbocycles. The van der Waals surface area contributed by atoms with Crippen LogP contribution in [0.1, 0.15) is 23.7 Å². The van der Waals surface area contributed by atoms with Gasteiger partial charge in [0.25, 0.3) is 0 Å². The summed E-state index contributed by atoms with van der Waals surface area (Å²) in [5.41, 5.74) is 0.546. The Morgan fingerprint density at radius 1 is 1.25 bits per heavy atom. The molecule has 16 heavy (non-hydrogen) atoms. The van der Waals surface area contributed by atoms with Gasteiger partial charge >= 0.3 is 6.09 Å². The molecule has 1 N–H and O–H groups in total. The summed E-state index contributed by atoms with van der Waals surface area (Å²) < 4.78 is 0. The van der Waals surface area contributed by atoms with Crippen LogP contribution in [0.4, 0.5) is 4.79 Å². The minimum Gasteiger partial charge on any atom is -0.465 e. The maximum atomic E-state index is 11.7. The summed E-state index contributed by atoms with van der Waals surface area (Å²) in [4.78, 5) is 23.7. The molecule has 0 atom stereocenters. The molecule has 1 aromatic carbocycles. The zero-order valence-corrected chi connectivity index (χ0v) is 9.22. The molecule has 0 aliphatic rings. The van der Waals surface area contributed by atoms with E-state index in [0.717, 1.165) is 4.90 Å². The lowest BCUT2D eigenvalue weighted by Crippen LogP contribution is -2.35. The minimum atomic E-state index is -1.05. The Kier molecular flexibility index (Phi) is 4.51. The van der Waals surface area contributed by atoms with Gasteiger partial charge in [0.2, 0.25) is 0 Å². The van der Waals surface area contributed by atoms with E-state index in [1.807, 2.05) is 13.0 Å². The van der Waals surface area contributed by atoms with Crippen LogP contribution in [0, 0.1) is 0 Å². The summed E-state index contributed by atoms with van der Waals surface area (Å²) in [6.45, 7) is 2.18. The zero-order valence-electron chi connectivity index (χ0n) is 9.22. The van der Waals surface area contributed by atoms with Crippen LogP contribution in [0.3, 0.4) is 0 Å². The van der Waals surface area contributed by atoms with Crippen molar-refractivity contribution in [3.8, 4) is 0 Å². The molecule has 0 aliphatic carbocycles. The van der Waals surface area contributed by atoms with E-state index in [9.17, 15) is 9.59 Å². The van der Waals surface area contributed by atoms with Crippen LogP contribution in [0.25, 0.3) is 0 Å². The third kappa shape index (κ3) is 3.38. The fraction of sp³-hybridized carbons (Fsp3) is 0.333. The number of ketones is 1. The molecule has 0 bridgehead atoms. The number of amides is 1. The largest absolute Gasteiger partial charge is 0.465 e. The molecule has 0 saturated heterocycles. The second-order valence-electron chi connectivity index (χ2n) is 3.49. The van der Waals surface area contributed by atoms with Gasteiger partial charge in [-0.1, -0.05) is 37.3 Å². The smallest absolute Gasteiger partial charge is 0.407 e. The summed E-state index contributed by atoms with van der Waals surface area (Å²) >= 11 is 0. The monoisotopic (exact) mass is 221 g/mol. The molecule has 0 spiro atoms. The van der Waals surface area contributed by atoms with Gasteiger partial charge in [-0.3, -0.25) is 4.79 Å². The molecule has 4 nitrogen and oxygen atoms in total. The second-order valence-corrected chi connectivity index (χ2v) is 3.49. The first-order valence-electron chi connectivity index (χ1n) is 5.21. The van der Waals surface area contributed by atoms with E-state index in [4.69, 9.17) is 5.11 Å². The van der Waals surface area contributed by atoms with E-state index in [2.05, 4.69) is 0 Å². The second kappa shape index (κ2) is 5.90. The van der Waals surface area contributed by atoms with Crippen LogP contribution in [0.5, 0.6) is 0 Å². The summed E-state index contributed by atoms with van der Waals surface area (Å²) in [6.07, 6.45) is -0.347. The molecule has 0 unspecified atom stereocenters. The first-order chi connectivity index (χ1) is 7.65. The Morgan fingerprint density at radius 3 is 2.38 bits per heavy atom. The Bertz CT molecular complexity index is 362. The quantitative estimate of drug-likeness (QED) is 0.776. The van der Waals surface area contributed by atoms with Crippen molar-refractivity contribution in [2.24, 2.45) is 0 Å². The lowest BCUT2D eigenvalue weighted by molar-refractivity contribution is 0.0908. The lowest BCUT2D eigenvalue weighted by Gasteiger charge is -2.17. The fourth-order valence-electron chi connectivity index (χ4n) is 1.40. The lowest BCUT2D eigenvalue weighted by atomic mass is 10.1. The van der Waals surface area contributed by atoms with Crippen molar-refractivity contribution in [3.63, 3.8) is 0 Å². The number of carboxylic acid groups (broad SMARTS) is 1. The summed E-state index contributed by atoms with van der Waals surface area (Å²) in [5, 5.41) is 8.87. The Labute approximate surface area is 94.5 Å². The average molecular weight is 221 g/mol. The standard InChI is InChI=1S/C12H15NO3/c1-2-8-13(12(15)16)9-11(14)10-6-4-3-5-7-10/h3-7H,2,8-9H2,1H3,(H,15,16). The van der Waals surface area contributed by atoms with Crippen molar-refractivity contribution < 1.29 is 14.7 Å². The molecule has 0 aromatic heterocycles. The molecule has 0 radical (unpaired) electrons. The molecule has 1 rings (SSSR count). The van der Waals surface area contributed by atoms with E-state index < -0.39 is 6.09 Å². The van der Waals surface area contributed by atoms with Crippen molar-refractivity contribution in [2.45, 2.75) is 13.3 Å². The zero-order chi connectivity index (χ0) is 12.0. The predicted octanol–water partition coefficient (Wildman–Crippen LogP) is 2.26. The number of carbonyl (C=O) groups excluding carboxylic acids is 1. The number of hydrogen-bond acceptors (Lipinski definition) is 2. The molecule has 1 amide bonds. The van der Waals surface area contributed by atoms with Crippen LogP contribution in [0.15, 0.2) is 30.3 Å². The van der Waals surface area contributed by atoms with Gasteiger partial charge < -0.3 is 10.0 Å². The van der Waals surface area contributed by atoms with E-state index >= 15 is 0 Å². The molecule has 4 heteroatoms. The SMILES string of the molecule is CCCN(CC(=O)c1ccccc1)C(=O)O. The fourth-order valence-corrected chi connectivity index (χ4v) is 1.40. The highest BCUT2D eigenvalue weighted by molar-refractivity contribution is 5.98. The third-order valence-corrected chi connectivity index (χ3v) is 2.19. The number of hydrogen-bond donors (Lipinski definition) is 1. The molecule has 0 aliphatic heterocycles. The van der Waals surface area contributed by atoms with E-state index in [0.29, 0.717) is 18.5 Å². The third-order valence-electron chi connectivity index (χ3n) is 2.19. The molecule has 86 valence electrons. The van der Waals surface area contributed by atoms with Crippen LogP contribution in [0.2, 0.25) is 0 Å². The van der Waals surface area contributed by atoms with Crippen molar-refractivity contribution in [1.82, 2.24) is 4.90 Å². The van der Waals surface area contributed by atoms with Gasteiger partial charge in [-0.25, -0.2) is 4.79 Å². The van der Waals surface area contributed by atoms with Crippen molar-refractivity contribution >= 4 is 11.9 Å². The summed E-state index contributed by atoms with van der Waals surface area (Å²) in [5.74, 6) is -0.170. The van der Waals surface area contributed by atoms with Gasteiger partial charge in [-0.05, 0) is 6.42 Å². The number of carbonyl (C=O) groups is 2. The van der Waals surface area contributed by atoms with E-state index in [1.54, 1.807) is 24.3 Å². The highest BCUT2D eigenvalue weighted by atomic mass is 16.4. The van der Waals surface area contributed by atoms with Gasteiger partial charge in [0.05, 0.1) is 6.54 Å². The first-order valence-corrected chi connectivity index (χ1v) is 5.21. The molecular weight excluding hydrogens is 206 g/mol. The van der Waals surface area contributed by atoms with Crippen LogP contribution < -0.4 is 0 Å². The minimum absolute atomic E-state index is 0.0762. The number of nitrogens with zero attached hydrogens (tertiary/aromatic N) is 1.